The lowest BCUT2D eigenvalue weighted by molar-refractivity contribution is -0.123. The SMILES string of the molecule is CCCS(=O)(=O)N1CCCC(C(=O)N(C)c2cc(Cl)cc(Cl)c2)C1. The molecule has 1 amide bonds. The van der Waals surface area contributed by atoms with Crippen molar-refractivity contribution >= 4 is 44.8 Å². The third kappa shape index (κ3) is 4.63. The van der Waals surface area contributed by atoms with Gasteiger partial charge < -0.3 is 4.90 Å². The molecule has 24 heavy (non-hydrogen) atoms. The van der Waals surface area contributed by atoms with E-state index in [1.807, 2.05) is 6.92 Å². The average molecular weight is 393 g/mol. The number of benzene rings is 1. The number of anilines is 1. The van der Waals surface area contributed by atoms with E-state index >= 15 is 0 Å². The summed E-state index contributed by atoms with van der Waals surface area (Å²) in [5, 5.41) is 0.904. The number of halogens is 2. The van der Waals surface area contributed by atoms with Crippen LogP contribution in [0.15, 0.2) is 18.2 Å². The van der Waals surface area contributed by atoms with Crippen molar-refractivity contribution in [1.29, 1.82) is 0 Å². The normalized spacial score (nSPS) is 19.2. The minimum Gasteiger partial charge on any atom is -0.315 e. The first-order chi connectivity index (χ1) is 11.2. The molecule has 5 nitrogen and oxygen atoms in total. The summed E-state index contributed by atoms with van der Waals surface area (Å²) in [6.07, 6.45) is 1.93. The Morgan fingerprint density at radius 1 is 1.29 bits per heavy atom. The van der Waals surface area contributed by atoms with E-state index in [9.17, 15) is 13.2 Å². The van der Waals surface area contributed by atoms with E-state index < -0.39 is 10.0 Å². The fourth-order valence-electron chi connectivity index (χ4n) is 2.92. The van der Waals surface area contributed by atoms with E-state index in [4.69, 9.17) is 23.2 Å². The lowest BCUT2D eigenvalue weighted by Gasteiger charge is -2.33. The fraction of sp³-hybridized carbons (Fsp3) is 0.562. The lowest BCUT2D eigenvalue weighted by atomic mass is 9.98. The van der Waals surface area contributed by atoms with Crippen molar-refractivity contribution in [1.82, 2.24) is 4.31 Å². The summed E-state index contributed by atoms with van der Waals surface area (Å²) in [4.78, 5) is 14.3. The molecule has 0 aliphatic carbocycles. The molecular weight excluding hydrogens is 371 g/mol. The Morgan fingerprint density at radius 2 is 1.92 bits per heavy atom. The van der Waals surface area contributed by atoms with E-state index in [2.05, 4.69) is 0 Å². The lowest BCUT2D eigenvalue weighted by Crippen LogP contribution is -2.46. The predicted octanol–water partition coefficient (Wildman–Crippen LogP) is 3.41. The summed E-state index contributed by atoms with van der Waals surface area (Å²) in [6, 6.07) is 4.93. The van der Waals surface area contributed by atoms with Crippen LogP contribution in [-0.2, 0) is 14.8 Å². The van der Waals surface area contributed by atoms with E-state index in [0.717, 1.165) is 0 Å². The zero-order valence-corrected chi connectivity index (χ0v) is 16.2. The molecule has 1 aliphatic heterocycles. The first-order valence-corrected chi connectivity index (χ1v) is 10.3. The van der Waals surface area contributed by atoms with Gasteiger partial charge in [-0.25, -0.2) is 12.7 Å². The molecule has 0 N–H and O–H groups in total. The summed E-state index contributed by atoms with van der Waals surface area (Å²) < 4.78 is 25.9. The summed E-state index contributed by atoms with van der Waals surface area (Å²) in [5.41, 5.74) is 0.603. The maximum absolute atomic E-state index is 12.8. The molecule has 0 aromatic heterocycles. The van der Waals surface area contributed by atoms with Crippen molar-refractivity contribution in [2.45, 2.75) is 26.2 Å². The van der Waals surface area contributed by atoms with E-state index in [0.29, 0.717) is 41.5 Å². The third-order valence-electron chi connectivity index (χ3n) is 4.15. The Hall–Kier alpha value is -0.820. The van der Waals surface area contributed by atoms with Crippen molar-refractivity contribution in [3.63, 3.8) is 0 Å². The van der Waals surface area contributed by atoms with Crippen LogP contribution in [0.25, 0.3) is 0 Å². The number of sulfonamides is 1. The molecule has 1 atom stereocenters. The van der Waals surface area contributed by atoms with E-state index in [-0.39, 0.29) is 24.1 Å². The molecule has 1 aromatic rings. The van der Waals surface area contributed by atoms with Gasteiger partial charge in [0.1, 0.15) is 0 Å². The van der Waals surface area contributed by atoms with E-state index in [1.165, 1.54) is 9.21 Å². The average Bonchev–Trinajstić information content (AvgIpc) is 2.52. The first kappa shape index (κ1) is 19.5. The first-order valence-electron chi connectivity index (χ1n) is 7.96. The number of amides is 1. The van der Waals surface area contributed by atoms with Crippen LogP contribution >= 0.6 is 23.2 Å². The highest BCUT2D eigenvalue weighted by Crippen LogP contribution is 2.28. The molecular formula is C16H22Cl2N2O3S. The van der Waals surface area contributed by atoms with Gasteiger partial charge in [0.05, 0.1) is 11.7 Å². The Labute approximate surface area is 153 Å². The summed E-state index contributed by atoms with van der Waals surface area (Å²) >= 11 is 12.0. The highest BCUT2D eigenvalue weighted by atomic mass is 35.5. The molecule has 1 unspecified atom stereocenters. The van der Waals surface area contributed by atoms with Gasteiger partial charge in [-0.1, -0.05) is 30.1 Å². The van der Waals surface area contributed by atoms with Gasteiger partial charge in [0.2, 0.25) is 15.9 Å². The molecule has 2 rings (SSSR count). The van der Waals surface area contributed by atoms with Crippen molar-refractivity contribution in [2.24, 2.45) is 5.92 Å². The van der Waals surface area contributed by atoms with Gasteiger partial charge in [0.15, 0.2) is 0 Å². The minimum atomic E-state index is -3.28. The van der Waals surface area contributed by atoms with Crippen molar-refractivity contribution < 1.29 is 13.2 Å². The highest BCUT2D eigenvalue weighted by molar-refractivity contribution is 7.89. The van der Waals surface area contributed by atoms with Gasteiger partial charge in [0.25, 0.3) is 0 Å². The molecule has 8 heteroatoms. The molecule has 1 saturated heterocycles. The van der Waals surface area contributed by atoms with Gasteiger partial charge >= 0.3 is 0 Å². The Bertz CT molecular complexity index is 689. The van der Waals surface area contributed by atoms with Crippen molar-refractivity contribution in [3.8, 4) is 0 Å². The molecule has 134 valence electrons. The summed E-state index contributed by atoms with van der Waals surface area (Å²) in [7, 11) is -1.63. The molecule has 0 radical (unpaired) electrons. The highest BCUT2D eigenvalue weighted by Gasteiger charge is 2.33. The van der Waals surface area contributed by atoms with Crippen LogP contribution in [0.1, 0.15) is 26.2 Å². The third-order valence-corrected chi connectivity index (χ3v) is 6.63. The van der Waals surface area contributed by atoms with Gasteiger partial charge in [-0.15, -0.1) is 0 Å². The number of rotatable bonds is 5. The number of carbonyl (C=O) groups is 1. The quantitative estimate of drug-likeness (QED) is 0.771. The van der Waals surface area contributed by atoms with Crippen LogP contribution in [0, 0.1) is 5.92 Å². The van der Waals surface area contributed by atoms with Gasteiger partial charge in [0, 0.05) is 35.9 Å². The number of nitrogens with zero attached hydrogens (tertiary/aromatic N) is 2. The van der Waals surface area contributed by atoms with Gasteiger partial charge in [-0.05, 0) is 37.5 Å². The topological polar surface area (TPSA) is 57.7 Å². The molecule has 1 aliphatic rings. The van der Waals surface area contributed by atoms with Crippen LogP contribution in [0.4, 0.5) is 5.69 Å². The van der Waals surface area contributed by atoms with Gasteiger partial charge in [-0.2, -0.15) is 0 Å². The molecule has 1 aromatic carbocycles. The smallest absolute Gasteiger partial charge is 0.231 e. The molecule has 0 saturated carbocycles. The van der Waals surface area contributed by atoms with E-state index in [1.54, 1.807) is 25.2 Å². The number of piperidine rings is 1. The van der Waals surface area contributed by atoms with Crippen LogP contribution in [-0.4, -0.2) is 44.5 Å². The second kappa shape index (κ2) is 8.04. The minimum absolute atomic E-state index is 0.119. The fourth-order valence-corrected chi connectivity index (χ4v) is 5.02. The van der Waals surface area contributed by atoms with Crippen LogP contribution in [0.5, 0.6) is 0 Å². The zero-order valence-electron chi connectivity index (χ0n) is 13.8. The number of hydrogen-bond acceptors (Lipinski definition) is 3. The molecule has 0 spiro atoms. The Balaban J connectivity index is 2.14. The monoisotopic (exact) mass is 392 g/mol. The second-order valence-electron chi connectivity index (χ2n) is 6.04. The number of hydrogen-bond donors (Lipinski definition) is 0. The van der Waals surface area contributed by atoms with Crippen molar-refractivity contribution in [2.75, 3.05) is 30.8 Å². The maximum Gasteiger partial charge on any atom is 0.231 e. The summed E-state index contributed by atoms with van der Waals surface area (Å²) in [6.45, 7) is 2.55. The predicted molar refractivity (Wildman–Crippen MR) is 98.2 cm³/mol. The molecule has 0 bridgehead atoms. The standard InChI is InChI=1S/C16H22Cl2N2O3S/c1-3-7-24(22,23)20-6-4-5-12(11-20)16(21)19(2)15-9-13(17)8-14(18)10-15/h8-10,12H,3-7,11H2,1-2H3. The van der Waals surface area contributed by atoms with Gasteiger partial charge in [-0.3, -0.25) is 4.79 Å². The maximum atomic E-state index is 12.8. The largest absolute Gasteiger partial charge is 0.315 e. The van der Waals surface area contributed by atoms with Crippen molar-refractivity contribution in [3.05, 3.63) is 28.2 Å². The zero-order chi connectivity index (χ0) is 17.9. The van der Waals surface area contributed by atoms with Crippen LogP contribution in [0.3, 0.4) is 0 Å². The number of carbonyl (C=O) groups excluding carboxylic acids is 1. The Kier molecular flexibility index (Phi) is 6.53. The Morgan fingerprint density at radius 3 is 2.50 bits per heavy atom. The summed E-state index contributed by atoms with van der Waals surface area (Å²) in [5.74, 6) is -0.355. The van der Waals surface area contributed by atoms with Crippen LogP contribution in [0.2, 0.25) is 10.0 Å². The molecule has 1 heterocycles. The molecule has 1 fully saturated rings. The second-order valence-corrected chi connectivity index (χ2v) is 9.00. The van der Waals surface area contributed by atoms with Crippen LogP contribution < -0.4 is 4.90 Å².